The number of carbonyl (C=O) groups is 1. The highest BCUT2D eigenvalue weighted by Crippen LogP contribution is 2.33. The minimum atomic E-state index is 0.0456. The number of methoxy groups -OCH3 is 1. The number of carbonyl (C=O) groups excluding carboxylic acids is 1. The number of rotatable bonds is 6. The van der Waals surface area contributed by atoms with Crippen LogP contribution in [0.2, 0.25) is 0 Å². The third-order valence-corrected chi connectivity index (χ3v) is 4.62. The number of hydrogen-bond acceptors (Lipinski definition) is 3. The summed E-state index contributed by atoms with van der Waals surface area (Å²) in [5.41, 5.74) is 2.11. The molecular weight excluding hydrogens is 326 g/mol. The van der Waals surface area contributed by atoms with Gasteiger partial charge in [-0.15, -0.1) is 0 Å². The van der Waals surface area contributed by atoms with Gasteiger partial charge in [-0.3, -0.25) is 4.79 Å². The molecule has 2 aromatic carbocycles. The third kappa shape index (κ3) is 4.26. The van der Waals surface area contributed by atoms with Crippen LogP contribution < -0.4 is 9.47 Å². The van der Waals surface area contributed by atoms with Crippen molar-refractivity contribution >= 4 is 12.0 Å². The van der Waals surface area contributed by atoms with Crippen LogP contribution in [0.15, 0.2) is 54.6 Å². The average molecular weight is 351 g/mol. The van der Waals surface area contributed by atoms with Gasteiger partial charge >= 0.3 is 0 Å². The monoisotopic (exact) mass is 351 g/mol. The number of nitrogens with zero attached hydrogens (tertiary/aromatic N) is 1. The first-order valence-electron chi connectivity index (χ1n) is 9.06. The SMILES string of the molecule is CCOc1ccc(C2CCCN2C(=O)/C=C/c2cccc(OC)c2)cc1. The second kappa shape index (κ2) is 8.56. The van der Waals surface area contributed by atoms with Crippen LogP contribution in [0, 0.1) is 0 Å². The molecule has 1 heterocycles. The molecule has 4 heteroatoms. The van der Waals surface area contributed by atoms with Crippen LogP contribution in [0.25, 0.3) is 6.08 Å². The quantitative estimate of drug-likeness (QED) is 0.721. The van der Waals surface area contributed by atoms with Gasteiger partial charge < -0.3 is 14.4 Å². The van der Waals surface area contributed by atoms with Gasteiger partial charge in [-0.25, -0.2) is 0 Å². The number of amides is 1. The molecule has 1 fully saturated rings. The van der Waals surface area contributed by atoms with Crippen molar-refractivity contribution in [1.82, 2.24) is 4.90 Å². The van der Waals surface area contributed by atoms with E-state index in [1.165, 1.54) is 0 Å². The fourth-order valence-corrected chi connectivity index (χ4v) is 3.34. The smallest absolute Gasteiger partial charge is 0.247 e. The van der Waals surface area contributed by atoms with Crippen molar-refractivity contribution in [2.24, 2.45) is 0 Å². The van der Waals surface area contributed by atoms with Gasteiger partial charge in [0.2, 0.25) is 5.91 Å². The normalized spacial score (nSPS) is 16.8. The van der Waals surface area contributed by atoms with E-state index in [0.717, 1.165) is 42.0 Å². The lowest BCUT2D eigenvalue weighted by atomic mass is 10.0. The molecule has 0 spiro atoms. The summed E-state index contributed by atoms with van der Waals surface area (Å²) in [6.45, 7) is 3.42. The molecule has 0 N–H and O–H groups in total. The second-order valence-electron chi connectivity index (χ2n) is 6.30. The summed E-state index contributed by atoms with van der Waals surface area (Å²) in [5.74, 6) is 1.70. The Labute approximate surface area is 155 Å². The van der Waals surface area contributed by atoms with Crippen LogP contribution >= 0.6 is 0 Å². The second-order valence-corrected chi connectivity index (χ2v) is 6.30. The number of benzene rings is 2. The maximum absolute atomic E-state index is 12.7. The maximum atomic E-state index is 12.7. The minimum absolute atomic E-state index is 0.0456. The Kier molecular flexibility index (Phi) is 5.95. The fourth-order valence-electron chi connectivity index (χ4n) is 3.34. The zero-order chi connectivity index (χ0) is 18.4. The molecule has 4 nitrogen and oxygen atoms in total. The van der Waals surface area contributed by atoms with E-state index in [2.05, 4.69) is 12.1 Å². The Balaban J connectivity index is 1.70. The first kappa shape index (κ1) is 18.1. The Bertz CT molecular complexity index is 767. The lowest BCUT2D eigenvalue weighted by molar-refractivity contribution is -0.126. The molecule has 1 unspecified atom stereocenters. The summed E-state index contributed by atoms with van der Waals surface area (Å²) >= 11 is 0. The molecule has 1 aliphatic rings. The molecule has 0 bridgehead atoms. The summed E-state index contributed by atoms with van der Waals surface area (Å²) in [5, 5.41) is 0. The van der Waals surface area contributed by atoms with E-state index in [4.69, 9.17) is 9.47 Å². The van der Waals surface area contributed by atoms with E-state index in [1.807, 2.05) is 54.3 Å². The summed E-state index contributed by atoms with van der Waals surface area (Å²) in [6.07, 6.45) is 5.52. The van der Waals surface area contributed by atoms with Crippen molar-refractivity contribution in [3.05, 3.63) is 65.7 Å². The van der Waals surface area contributed by atoms with Crippen molar-refractivity contribution in [2.75, 3.05) is 20.3 Å². The molecule has 0 radical (unpaired) electrons. The largest absolute Gasteiger partial charge is 0.497 e. The molecule has 1 amide bonds. The van der Waals surface area contributed by atoms with Crippen LogP contribution in [-0.2, 0) is 4.79 Å². The summed E-state index contributed by atoms with van der Waals surface area (Å²) in [6, 6.07) is 15.9. The minimum Gasteiger partial charge on any atom is -0.497 e. The number of likely N-dealkylation sites (tertiary alicyclic amines) is 1. The highest BCUT2D eigenvalue weighted by Gasteiger charge is 2.28. The summed E-state index contributed by atoms with van der Waals surface area (Å²) in [7, 11) is 1.64. The molecule has 1 atom stereocenters. The molecule has 1 saturated heterocycles. The lowest BCUT2D eigenvalue weighted by Gasteiger charge is -2.24. The molecule has 26 heavy (non-hydrogen) atoms. The van der Waals surface area contributed by atoms with E-state index in [-0.39, 0.29) is 11.9 Å². The van der Waals surface area contributed by atoms with E-state index < -0.39 is 0 Å². The lowest BCUT2D eigenvalue weighted by Crippen LogP contribution is -2.28. The Morgan fingerprint density at radius 3 is 2.73 bits per heavy atom. The van der Waals surface area contributed by atoms with Crippen LogP contribution in [-0.4, -0.2) is 31.1 Å². The molecule has 0 saturated carbocycles. The van der Waals surface area contributed by atoms with Crippen molar-refractivity contribution < 1.29 is 14.3 Å². The Morgan fingerprint density at radius 2 is 2.00 bits per heavy atom. The number of ether oxygens (including phenoxy) is 2. The van der Waals surface area contributed by atoms with Crippen molar-refractivity contribution in [3.8, 4) is 11.5 Å². The van der Waals surface area contributed by atoms with Crippen LogP contribution in [0.3, 0.4) is 0 Å². The van der Waals surface area contributed by atoms with Crippen LogP contribution in [0.1, 0.15) is 36.9 Å². The predicted octanol–water partition coefficient (Wildman–Crippen LogP) is 4.47. The average Bonchev–Trinajstić information content (AvgIpc) is 3.17. The molecule has 136 valence electrons. The van der Waals surface area contributed by atoms with Gasteiger partial charge in [0.05, 0.1) is 19.8 Å². The van der Waals surface area contributed by atoms with Gasteiger partial charge in [0.15, 0.2) is 0 Å². The number of hydrogen-bond donors (Lipinski definition) is 0. The standard InChI is InChI=1S/C22H25NO3/c1-3-26-19-12-10-18(11-13-19)21-8-5-15-23(21)22(24)14-9-17-6-4-7-20(16-17)25-2/h4,6-7,9-14,16,21H,3,5,8,15H2,1-2H3/b14-9+. The van der Waals surface area contributed by atoms with Crippen molar-refractivity contribution in [2.45, 2.75) is 25.8 Å². The third-order valence-electron chi connectivity index (χ3n) is 4.62. The molecule has 0 aromatic heterocycles. The topological polar surface area (TPSA) is 38.8 Å². The summed E-state index contributed by atoms with van der Waals surface area (Å²) < 4.78 is 10.7. The predicted molar refractivity (Wildman–Crippen MR) is 103 cm³/mol. The van der Waals surface area contributed by atoms with Gasteiger partial charge in [-0.1, -0.05) is 24.3 Å². The van der Waals surface area contributed by atoms with E-state index in [1.54, 1.807) is 13.2 Å². The van der Waals surface area contributed by atoms with Gasteiger partial charge in [0, 0.05) is 12.6 Å². The molecule has 0 aliphatic carbocycles. The first-order valence-corrected chi connectivity index (χ1v) is 9.06. The van der Waals surface area contributed by atoms with Crippen LogP contribution in [0.4, 0.5) is 0 Å². The van der Waals surface area contributed by atoms with Gasteiger partial charge in [0.1, 0.15) is 11.5 Å². The van der Waals surface area contributed by atoms with E-state index >= 15 is 0 Å². The van der Waals surface area contributed by atoms with Crippen molar-refractivity contribution in [3.63, 3.8) is 0 Å². The molecule has 3 rings (SSSR count). The Hall–Kier alpha value is -2.75. The Morgan fingerprint density at radius 1 is 1.19 bits per heavy atom. The molecule has 1 aliphatic heterocycles. The highest BCUT2D eigenvalue weighted by atomic mass is 16.5. The molecular formula is C22H25NO3. The fraction of sp³-hybridized carbons (Fsp3) is 0.318. The van der Waals surface area contributed by atoms with Crippen molar-refractivity contribution in [1.29, 1.82) is 0 Å². The zero-order valence-corrected chi connectivity index (χ0v) is 15.4. The van der Waals surface area contributed by atoms with Gasteiger partial charge in [-0.05, 0) is 61.2 Å². The van der Waals surface area contributed by atoms with Gasteiger partial charge in [0.25, 0.3) is 0 Å². The van der Waals surface area contributed by atoms with E-state index in [9.17, 15) is 4.79 Å². The maximum Gasteiger partial charge on any atom is 0.247 e. The van der Waals surface area contributed by atoms with E-state index in [0.29, 0.717) is 6.61 Å². The van der Waals surface area contributed by atoms with Crippen LogP contribution in [0.5, 0.6) is 11.5 Å². The van der Waals surface area contributed by atoms with Gasteiger partial charge in [-0.2, -0.15) is 0 Å². The first-order chi connectivity index (χ1) is 12.7. The highest BCUT2D eigenvalue weighted by molar-refractivity contribution is 5.92. The summed E-state index contributed by atoms with van der Waals surface area (Å²) in [4.78, 5) is 14.7. The zero-order valence-electron chi connectivity index (χ0n) is 15.4. The molecule has 2 aromatic rings.